The van der Waals surface area contributed by atoms with E-state index in [1.54, 1.807) is 0 Å². The molecule has 3 heteroatoms. The van der Waals surface area contributed by atoms with Crippen LogP contribution in [0.4, 0.5) is 0 Å². The summed E-state index contributed by atoms with van der Waals surface area (Å²) in [6, 6.07) is 28.5. The monoisotopic (exact) mass is 369 g/mol. The highest BCUT2D eigenvalue weighted by Gasteiger charge is 2.26. The van der Waals surface area contributed by atoms with E-state index in [9.17, 15) is 0 Å². The van der Waals surface area contributed by atoms with Gasteiger partial charge in [-0.05, 0) is 43.0 Å². The van der Waals surface area contributed by atoms with Crippen LogP contribution in [0.3, 0.4) is 0 Å². The van der Waals surface area contributed by atoms with E-state index in [2.05, 4.69) is 70.5 Å². The largest absolute Gasteiger partial charge is 0.292 e. The van der Waals surface area contributed by atoms with Gasteiger partial charge in [0.25, 0.3) is 0 Å². The van der Waals surface area contributed by atoms with E-state index in [4.69, 9.17) is 4.99 Å². The van der Waals surface area contributed by atoms with Crippen molar-refractivity contribution in [1.82, 2.24) is 9.88 Å². The lowest BCUT2D eigenvalue weighted by molar-refractivity contribution is 0.175. The lowest BCUT2D eigenvalue weighted by atomic mass is 9.94. The summed E-state index contributed by atoms with van der Waals surface area (Å²) in [5, 5.41) is 0. The number of hydrogen-bond acceptors (Lipinski definition) is 3. The lowest BCUT2D eigenvalue weighted by Gasteiger charge is -2.37. The zero-order chi connectivity index (χ0) is 19.2. The smallest absolute Gasteiger partial charge is 0.0811 e. The van der Waals surface area contributed by atoms with Crippen molar-refractivity contribution in [3.05, 3.63) is 101 Å². The Labute approximate surface area is 167 Å². The van der Waals surface area contributed by atoms with E-state index in [-0.39, 0.29) is 0 Å². The zero-order valence-electron chi connectivity index (χ0n) is 16.4. The van der Waals surface area contributed by atoms with Crippen LogP contribution in [0.25, 0.3) is 0 Å². The van der Waals surface area contributed by atoms with Crippen LogP contribution < -0.4 is 0 Å². The van der Waals surface area contributed by atoms with Crippen LogP contribution in [0.15, 0.2) is 83.9 Å². The van der Waals surface area contributed by atoms with Gasteiger partial charge >= 0.3 is 0 Å². The van der Waals surface area contributed by atoms with Gasteiger partial charge in [0.15, 0.2) is 0 Å². The number of aliphatic imine (C=N–C) groups is 1. The zero-order valence-corrected chi connectivity index (χ0v) is 16.4. The third-order valence-electron chi connectivity index (χ3n) is 5.42. The van der Waals surface area contributed by atoms with Crippen molar-refractivity contribution in [1.29, 1.82) is 0 Å². The van der Waals surface area contributed by atoms with Gasteiger partial charge in [0.2, 0.25) is 0 Å². The van der Waals surface area contributed by atoms with Crippen molar-refractivity contribution in [2.24, 2.45) is 4.99 Å². The molecule has 142 valence electrons. The second kappa shape index (κ2) is 8.94. The number of benzene rings is 2. The minimum atomic E-state index is 0.311. The molecule has 2 aromatic carbocycles. The summed E-state index contributed by atoms with van der Waals surface area (Å²) in [5.41, 5.74) is 4.71. The van der Waals surface area contributed by atoms with Gasteiger partial charge in [-0.2, -0.15) is 0 Å². The Morgan fingerprint density at radius 1 is 0.857 bits per heavy atom. The van der Waals surface area contributed by atoms with Gasteiger partial charge in [0.1, 0.15) is 0 Å². The third kappa shape index (κ3) is 4.55. The van der Waals surface area contributed by atoms with E-state index in [0.717, 1.165) is 37.3 Å². The summed E-state index contributed by atoms with van der Waals surface area (Å²) in [4.78, 5) is 11.9. The van der Waals surface area contributed by atoms with E-state index < -0.39 is 0 Å². The molecule has 28 heavy (non-hydrogen) atoms. The minimum Gasteiger partial charge on any atom is -0.292 e. The minimum absolute atomic E-state index is 0.311. The third-order valence-corrected chi connectivity index (χ3v) is 5.42. The van der Waals surface area contributed by atoms with Crippen molar-refractivity contribution in [3.63, 3.8) is 0 Å². The van der Waals surface area contributed by atoms with Crippen LogP contribution >= 0.6 is 0 Å². The van der Waals surface area contributed by atoms with Gasteiger partial charge < -0.3 is 0 Å². The van der Waals surface area contributed by atoms with E-state index in [1.165, 1.54) is 11.1 Å². The topological polar surface area (TPSA) is 28.5 Å². The van der Waals surface area contributed by atoms with E-state index in [0.29, 0.717) is 12.1 Å². The Morgan fingerprint density at radius 2 is 1.46 bits per heavy atom. The number of hydrogen-bond donors (Lipinski definition) is 0. The summed E-state index contributed by atoms with van der Waals surface area (Å²) in [7, 11) is 0. The summed E-state index contributed by atoms with van der Waals surface area (Å²) in [5.74, 6) is 0. The number of rotatable bonds is 5. The van der Waals surface area contributed by atoms with E-state index >= 15 is 0 Å². The first-order valence-corrected chi connectivity index (χ1v) is 10.1. The second-order valence-corrected chi connectivity index (χ2v) is 7.47. The first-order chi connectivity index (χ1) is 13.8. The molecule has 0 N–H and O–H groups in total. The number of pyridine rings is 1. The van der Waals surface area contributed by atoms with Crippen LogP contribution in [0.2, 0.25) is 0 Å². The molecule has 1 aliphatic heterocycles. The molecule has 0 spiro atoms. The Kier molecular flexibility index (Phi) is 5.93. The highest BCUT2D eigenvalue weighted by Crippen LogP contribution is 2.31. The van der Waals surface area contributed by atoms with Crippen LogP contribution in [0, 0.1) is 6.92 Å². The summed E-state index contributed by atoms with van der Waals surface area (Å²) in [6.07, 6.45) is 4.11. The SMILES string of the molecule is Cc1cccc(C=NC2CCN(C(c3ccccc3)c3ccccc3)CC2)n1. The highest BCUT2D eigenvalue weighted by molar-refractivity contribution is 5.77. The average Bonchev–Trinajstić information content (AvgIpc) is 2.75. The molecule has 3 aromatic rings. The molecule has 1 saturated heterocycles. The standard InChI is InChI=1S/C25H27N3/c1-20-9-8-14-24(27-20)19-26-23-15-17-28(18-16-23)25(21-10-4-2-5-11-21)22-12-6-3-7-13-22/h2-14,19,23,25H,15-18H2,1H3. The predicted molar refractivity (Wildman–Crippen MR) is 116 cm³/mol. The van der Waals surface area contributed by atoms with Crippen molar-refractivity contribution in [2.75, 3.05) is 13.1 Å². The molecule has 0 bridgehead atoms. The van der Waals surface area contributed by atoms with Crippen molar-refractivity contribution < 1.29 is 0 Å². The molecular formula is C25H27N3. The van der Waals surface area contributed by atoms with Crippen LogP contribution in [-0.4, -0.2) is 35.2 Å². The Balaban J connectivity index is 1.46. The predicted octanol–water partition coefficient (Wildman–Crippen LogP) is 5.06. The van der Waals surface area contributed by atoms with Gasteiger partial charge in [-0.15, -0.1) is 0 Å². The maximum atomic E-state index is 4.82. The maximum Gasteiger partial charge on any atom is 0.0811 e. The Hall–Kier alpha value is -2.78. The molecule has 1 aromatic heterocycles. The van der Waals surface area contributed by atoms with E-state index in [1.807, 2.05) is 31.3 Å². The number of nitrogens with zero attached hydrogens (tertiary/aromatic N) is 3. The molecule has 0 saturated carbocycles. The molecule has 0 amide bonds. The Bertz CT molecular complexity index is 858. The highest BCUT2D eigenvalue weighted by atomic mass is 15.2. The quantitative estimate of drug-likeness (QED) is 0.588. The number of likely N-dealkylation sites (tertiary alicyclic amines) is 1. The first kappa shape index (κ1) is 18.6. The van der Waals surface area contributed by atoms with Gasteiger partial charge in [-0.1, -0.05) is 66.7 Å². The van der Waals surface area contributed by atoms with Gasteiger partial charge in [0, 0.05) is 25.0 Å². The molecule has 4 rings (SSSR count). The summed E-state index contributed by atoms with van der Waals surface area (Å²) in [6.45, 7) is 4.12. The number of aryl methyl sites for hydroxylation is 1. The maximum absolute atomic E-state index is 4.82. The van der Waals surface area contributed by atoms with Crippen LogP contribution in [0.5, 0.6) is 0 Å². The van der Waals surface area contributed by atoms with Crippen LogP contribution in [0.1, 0.15) is 41.4 Å². The molecule has 2 heterocycles. The lowest BCUT2D eigenvalue weighted by Crippen LogP contribution is -2.38. The molecule has 3 nitrogen and oxygen atoms in total. The molecule has 1 fully saturated rings. The molecule has 0 atom stereocenters. The van der Waals surface area contributed by atoms with Gasteiger partial charge in [-0.3, -0.25) is 14.9 Å². The fourth-order valence-corrected chi connectivity index (χ4v) is 4.00. The number of aromatic nitrogens is 1. The first-order valence-electron chi connectivity index (χ1n) is 10.1. The molecule has 0 aliphatic carbocycles. The van der Waals surface area contributed by atoms with Gasteiger partial charge in [-0.25, -0.2) is 0 Å². The van der Waals surface area contributed by atoms with Crippen molar-refractivity contribution >= 4 is 6.21 Å². The summed E-state index contributed by atoms with van der Waals surface area (Å²) < 4.78 is 0. The normalized spacial score (nSPS) is 16.1. The van der Waals surface area contributed by atoms with Gasteiger partial charge in [0.05, 0.1) is 17.8 Å². The second-order valence-electron chi connectivity index (χ2n) is 7.47. The summed E-state index contributed by atoms with van der Waals surface area (Å²) >= 11 is 0. The fourth-order valence-electron chi connectivity index (χ4n) is 4.00. The molecule has 0 radical (unpaired) electrons. The van der Waals surface area contributed by atoms with Crippen molar-refractivity contribution in [2.45, 2.75) is 31.8 Å². The fraction of sp³-hybridized carbons (Fsp3) is 0.280. The Morgan fingerprint density at radius 3 is 2.04 bits per heavy atom. The van der Waals surface area contributed by atoms with Crippen molar-refractivity contribution in [3.8, 4) is 0 Å². The molecular weight excluding hydrogens is 342 g/mol. The molecule has 1 aliphatic rings. The molecule has 0 unspecified atom stereocenters. The number of piperidine rings is 1. The average molecular weight is 370 g/mol. The van der Waals surface area contributed by atoms with Crippen LogP contribution in [-0.2, 0) is 0 Å².